The Labute approximate surface area is 163 Å². The molecule has 2 aromatic heterocycles. The fourth-order valence-electron chi connectivity index (χ4n) is 2.78. The van der Waals surface area contributed by atoms with Crippen LogP contribution < -0.4 is 15.8 Å². The Morgan fingerprint density at radius 3 is 2.67 bits per heavy atom. The average Bonchev–Trinajstić information content (AvgIpc) is 3.02. The number of nitrogens with one attached hydrogen (secondary N) is 1. The molecule has 1 aliphatic heterocycles. The maximum Gasteiger partial charge on any atom is 0.254 e. The van der Waals surface area contributed by atoms with Gasteiger partial charge in [-0.05, 0) is 32.0 Å². The van der Waals surface area contributed by atoms with Crippen LogP contribution in [0.25, 0.3) is 11.1 Å². The van der Waals surface area contributed by atoms with Gasteiger partial charge in [-0.25, -0.2) is 13.4 Å². The summed E-state index contributed by atoms with van der Waals surface area (Å²) < 4.78 is 29.9. The van der Waals surface area contributed by atoms with E-state index in [2.05, 4.69) is 15.4 Å². The van der Waals surface area contributed by atoms with Crippen molar-refractivity contribution in [2.45, 2.75) is 24.8 Å². The van der Waals surface area contributed by atoms with Crippen molar-refractivity contribution < 1.29 is 17.9 Å². The van der Waals surface area contributed by atoms with Gasteiger partial charge in [-0.15, -0.1) is 12.4 Å². The molecule has 0 spiro atoms. The van der Waals surface area contributed by atoms with E-state index in [0.29, 0.717) is 11.1 Å². The third kappa shape index (κ3) is 5.65. The number of hydrogen-bond donors (Lipinski definition) is 2. The van der Waals surface area contributed by atoms with Crippen molar-refractivity contribution >= 4 is 28.2 Å². The fourth-order valence-corrected chi connectivity index (χ4v) is 3.40. The number of aromatic nitrogens is 3. The van der Waals surface area contributed by atoms with Gasteiger partial charge in [0.25, 0.3) is 5.91 Å². The molecular weight excluding hydrogens is 394 g/mol. The van der Waals surface area contributed by atoms with Gasteiger partial charge in [-0.1, -0.05) is 0 Å². The second kappa shape index (κ2) is 8.68. The maximum atomic E-state index is 11.8. The number of sulfone groups is 1. The molecule has 0 aliphatic carbocycles. The van der Waals surface area contributed by atoms with Crippen molar-refractivity contribution in [3.63, 3.8) is 0 Å². The Morgan fingerprint density at radius 1 is 1.33 bits per heavy atom. The molecule has 9 nitrogen and oxygen atoms in total. The van der Waals surface area contributed by atoms with Crippen molar-refractivity contribution in [1.29, 1.82) is 0 Å². The zero-order valence-corrected chi connectivity index (χ0v) is 16.4. The fraction of sp³-hybridized carbons (Fsp3) is 0.438. The number of ether oxygens (including phenoxy) is 1. The molecule has 1 fully saturated rings. The number of pyridine rings is 1. The van der Waals surface area contributed by atoms with Crippen LogP contribution in [0.2, 0.25) is 0 Å². The van der Waals surface area contributed by atoms with E-state index in [4.69, 9.17) is 10.5 Å². The van der Waals surface area contributed by atoms with Gasteiger partial charge in [0.05, 0.1) is 6.20 Å². The van der Waals surface area contributed by atoms with E-state index >= 15 is 0 Å². The minimum absolute atomic E-state index is 0. The molecule has 0 bridgehead atoms. The van der Waals surface area contributed by atoms with Crippen LogP contribution in [-0.2, 0) is 15.7 Å². The minimum Gasteiger partial charge on any atom is -0.474 e. The summed E-state index contributed by atoms with van der Waals surface area (Å²) in [5, 5.41) is 7.27. The van der Waals surface area contributed by atoms with Crippen LogP contribution >= 0.6 is 12.4 Å². The predicted molar refractivity (Wildman–Crippen MR) is 103 cm³/mol. The van der Waals surface area contributed by atoms with Crippen LogP contribution in [0.3, 0.4) is 0 Å². The molecule has 11 heteroatoms. The van der Waals surface area contributed by atoms with Crippen molar-refractivity contribution in [2.24, 2.45) is 5.73 Å². The third-order valence-corrected chi connectivity index (χ3v) is 4.75. The van der Waals surface area contributed by atoms with Crippen molar-refractivity contribution in [3.8, 4) is 17.0 Å². The van der Waals surface area contributed by atoms with Gasteiger partial charge >= 0.3 is 0 Å². The van der Waals surface area contributed by atoms with E-state index in [-0.39, 0.29) is 35.8 Å². The van der Waals surface area contributed by atoms with Crippen LogP contribution in [-0.4, -0.2) is 54.5 Å². The first kappa shape index (κ1) is 21.1. The third-order valence-electron chi connectivity index (χ3n) is 4.01. The molecule has 0 radical (unpaired) electrons. The topological polar surface area (TPSA) is 129 Å². The number of rotatable bonds is 6. The van der Waals surface area contributed by atoms with E-state index < -0.39 is 15.7 Å². The number of carbonyl (C=O) groups is 1. The quantitative estimate of drug-likeness (QED) is 0.706. The second-order valence-electron chi connectivity index (χ2n) is 6.33. The number of amides is 1. The van der Waals surface area contributed by atoms with Gasteiger partial charge in [0.2, 0.25) is 5.88 Å². The van der Waals surface area contributed by atoms with Crippen LogP contribution in [0.1, 0.15) is 23.2 Å². The normalized spacial score (nSPS) is 15.1. The van der Waals surface area contributed by atoms with E-state index in [1.807, 2.05) is 0 Å². The Kier molecular flexibility index (Phi) is 6.79. The lowest BCUT2D eigenvalue weighted by Crippen LogP contribution is -2.34. The van der Waals surface area contributed by atoms with Crippen LogP contribution in [0, 0.1) is 0 Å². The molecule has 3 rings (SSSR count). The maximum absolute atomic E-state index is 11.8. The van der Waals surface area contributed by atoms with Crippen LogP contribution in [0.4, 0.5) is 0 Å². The lowest BCUT2D eigenvalue weighted by Gasteiger charge is -2.24. The van der Waals surface area contributed by atoms with Gasteiger partial charge in [-0.2, -0.15) is 5.10 Å². The second-order valence-corrected chi connectivity index (χ2v) is 8.44. The summed E-state index contributed by atoms with van der Waals surface area (Å²) in [5.41, 5.74) is 6.92. The largest absolute Gasteiger partial charge is 0.474 e. The molecule has 1 amide bonds. The van der Waals surface area contributed by atoms with E-state index in [9.17, 15) is 13.2 Å². The summed E-state index contributed by atoms with van der Waals surface area (Å²) in [5.74, 6) is -0.636. The Morgan fingerprint density at radius 2 is 2.04 bits per heavy atom. The highest BCUT2D eigenvalue weighted by atomic mass is 35.5. The highest BCUT2D eigenvalue weighted by Gasteiger charge is 2.20. The summed E-state index contributed by atoms with van der Waals surface area (Å²) in [7, 11) is -3.21. The van der Waals surface area contributed by atoms with Crippen molar-refractivity contribution in [1.82, 2.24) is 20.1 Å². The molecule has 0 saturated carbocycles. The standard InChI is InChI=1S/C16H21N5O4S.ClH/c1-26(23,24)10-21-9-12(8-20-21)11-6-14(15(17)22)16(19-7-11)25-13-2-4-18-5-3-13;/h6-9,13,18H,2-5,10H2,1H3,(H2,17,22);1H. The monoisotopic (exact) mass is 415 g/mol. The summed E-state index contributed by atoms with van der Waals surface area (Å²) in [6, 6.07) is 1.59. The predicted octanol–water partition coefficient (Wildman–Crippen LogP) is 0.599. The van der Waals surface area contributed by atoms with Gasteiger partial charge in [0.1, 0.15) is 17.5 Å². The first-order valence-electron chi connectivity index (χ1n) is 8.19. The lowest BCUT2D eigenvalue weighted by atomic mass is 10.1. The number of piperidine rings is 1. The molecule has 1 aliphatic rings. The molecular formula is C16H22ClN5O4S. The highest BCUT2D eigenvalue weighted by molar-refractivity contribution is 7.89. The smallest absolute Gasteiger partial charge is 0.254 e. The number of halogens is 1. The summed E-state index contributed by atoms with van der Waals surface area (Å²) in [4.78, 5) is 16.1. The zero-order chi connectivity index (χ0) is 18.7. The van der Waals surface area contributed by atoms with E-state index in [1.165, 1.54) is 10.9 Å². The Balaban J connectivity index is 0.00000261. The number of carbonyl (C=O) groups excluding carboxylic acids is 1. The molecule has 3 heterocycles. The van der Waals surface area contributed by atoms with E-state index in [1.54, 1.807) is 18.5 Å². The summed E-state index contributed by atoms with van der Waals surface area (Å²) in [6.45, 7) is 1.71. The Bertz CT molecular complexity index is 909. The molecule has 3 N–H and O–H groups in total. The molecule has 148 valence electrons. The summed E-state index contributed by atoms with van der Waals surface area (Å²) in [6.07, 6.45) is 7.44. The van der Waals surface area contributed by atoms with Crippen LogP contribution in [0.5, 0.6) is 5.88 Å². The Hall–Kier alpha value is -2.17. The van der Waals surface area contributed by atoms with Gasteiger partial charge in [-0.3, -0.25) is 9.48 Å². The number of hydrogen-bond acceptors (Lipinski definition) is 7. The highest BCUT2D eigenvalue weighted by Crippen LogP contribution is 2.25. The number of nitrogens with two attached hydrogens (primary N) is 1. The molecule has 2 aromatic rings. The molecule has 1 saturated heterocycles. The number of nitrogens with zero attached hydrogens (tertiary/aromatic N) is 3. The van der Waals surface area contributed by atoms with Crippen molar-refractivity contribution in [2.75, 3.05) is 19.3 Å². The SMILES string of the molecule is CS(=O)(=O)Cn1cc(-c2cnc(OC3CCNCC3)c(C(N)=O)c2)cn1.Cl. The van der Waals surface area contributed by atoms with Gasteiger partial charge < -0.3 is 15.8 Å². The zero-order valence-electron chi connectivity index (χ0n) is 14.8. The molecule has 27 heavy (non-hydrogen) atoms. The minimum atomic E-state index is -3.21. The average molecular weight is 416 g/mol. The first-order valence-corrected chi connectivity index (χ1v) is 10.3. The number of primary amides is 1. The van der Waals surface area contributed by atoms with Gasteiger partial charge in [0, 0.05) is 29.8 Å². The summed E-state index contributed by atoms with van der Waals surface area (Å²) >= 11 is 0. The first-order chi connectivity index (χ1) is 12.3. The van der Waals surface area contributed by atoms with Gasteiger partial charge in [0.15, 0.2) is 9.84 Å². The molecule has 0 atom stereocenters. The van der Waals surface area contributed by atoms with Crippen molar-refractivity contribution in [3.05, 3.63) is 30.2 Å². The molecule has 0 unspecified atom stereocenters. The van der Waals surface area contributed by atoms with Crippen LogP contribution in [0.15, 0.2) is 24.7 Å². The lowest BCUT2D eigenvalue weighted by molar-refractivity contribution is 0.0986. The van der Waals surface area contributed by atoms with E-state index in [0.717, 1.165) is 32.2 Å². The molecule has 0 aromatic carbocycles.